The molecule has 0 radical (unpaired) electrons. The van der Waals surface area contributed by atoms with Crippen molar-refractivity contribution >= 4 is 17.0 Å². The first kappa shape index (κ1) is 22.0. The van der Waals surface area contributed by atoms with Crippen LogP contribution in [0, 0.1) is 0 Å². The maximum absolute atomic E-state index is 10.3. The minimum absolute atomic E-state index is 0.379. The van der Waals surface area contributed by atoms with Crippen molar-refractivity contribution in [2.24, 2.45) is 0 Å². The number of hydrogen-bond donors (Lipinski definition) is 4. The number of aliphatic hydroxyl groups excluding tert-OH is 3. The molecular formula is C20H25N5O7. The number of aromatic nitrogens is 4. The van der Waals surface area contributed by atoms with Gasteiger partial charge in [0.1, 0.15) is 24.6 Å². The lowest BCUT2D eigenvalue weighted by molar-refractivity contribution is -0.0511. The van der Waals surface area contributed by atoms with E-state index in [2.05, 4.69) is 20.3 Å². The van der Waals surface area contributed by atoms with Crippen LogP contribution >= 0.6 is 0 Å². The van der Waals surface area contributed by atoms with E-state index < -0.39 is 31.1 Å². The van der Waals surface area contributed by atoms with Crippen LogP contribution in [-0.4, -0.2) is 81.1 Å². The lowest BCUT2D eigenvalue weighted by atomic mass is 10.1. The van der Waals surface area contributed by atoms with Gasteiger partial charge in [-0.1, -0.05) is 0 Å². The molecule has 1 aromatic carbocycles. The second-order valence-corrected chi connectivity index (χ2v) is 7.16. The molecule has 12 heteroatoms. The van der Waals surface area contributed by atoms with Gasteiger partial charge in [0.2, 0.25) is 5.75 Å². The molecular weight excluding hydrogens is 422 g/mol. The summed E-state index contributed by atoms with van der Waals surface area (Å²) in [4.78, 5) is 12.9. The molecule has 12 nitrogen and oxygen atoms in total. The van der Waals surface area contributed by atoms with Crippen molar-refractivity contribution in [1.29, 1.82) is 0 Å². The Morgan fingerprint density at radius 2 is 1.75 bits per heavy atom. The van der Waals surface area contributed by atoms with Gasteiger partial charge >= 0.3 is 0 Å². The Bertz CT molecular complexity index is 1070. The van der Waals surface area contributed by atoms with Crippen LogP contribution in [0.5, 0.6) is 17.2 Å². The molecule has 0 amide bonds. The molecule has 2 aromatic heterocycles. The van der Waals surface area contributed by atoms with Crippen molar-refractivity contribution in [1.82, 2.24) is 19.5 Å². The normalized spacial score (nSPS) is 22.8. The number of methoxy groups -OCH3 is 3. The zero-order valence-corrected chi connectivity index (χ0v) is 17.8. The Kier molecular flexibility index (Phi) is 6.28. The van der Waals surface area contributed by atoms with Crippen LogP contribution in [-0.2, 0) is 11.3 Å². The number of hydrogen-bond acceptors (Lipinski definition) is 11. The van der Waals surface area contributed by atoms with Gasteiger partial charge in [-0.15, -0.1) is 0 Å². The second kappa shape index (κ2) is 9.12. The molecule has 32 heavy (non-hydrogen) atoms. The number of benzene rings is 1. The fraction of sp³-hybridized carbons (Fsp3) is 0.450. The maximum atomic E-state index is 10.3. The lowest BCUT2D eigenvalue weighted by Gasteiger charge is -2.16. The van der Waals surface area contributed by atoms with Crippen LogP contribution in [0.15, 0.2) is 24.8 Å². The number of rotatable bonds is 8. The highest BCUT2D eigenvalue weighted by molar-refractivity contribution is 5.82. The smallest absolute Gasteiger partial charge is 0.203 e. The van der Waals surface area contributed by atoms with E-state index in [9.17, 15) is 15.3 Å². The summed E-state index contributed by atoms with van der Waals surface area (Å²) >= 11 is 0. The minimum atomic E-state index is -1.24. The summed E-state index contributed by atoms with van der Waals surface area (Å²) in [5.41, 5.74) is 1.72. The van der Waals surface area contributed by atoms with E-state index >= 15 is 0 Å². The Morgan fingerprint density at radius 3 is 2.34 bits per heavy atom. The van der Waals surface area contributed by atoms with Crippen LogP contribution < -0.4 is 19.5 Å². The van der Waals surface area contributed by atoms with Crippen molar-refractivity contribution < 1.29 is 34.3 Å². The number of anilines is 1. The molecule has 4 unspecified atom stereocenters. The Labute approximate surface area is 183 Å². The van der Waals surface area contributed by atoms with Crippen molar-refractivity contribution in [3.05, 3.63) is 30.4 Å². The second-order valence-electron chi connectivity index (χ2n) is 7.16. The fourth-order valence-electron chi connectivity index (χ4n) is 3.70. The number of aliphatic hydroxyl groups is 3. The van der Waals surface area contributed by atoms with E-state index in [0.29, 0.717) is 40.8 Å². The summed E-state index contributed by atoms with van der Waals surface area (Å²) in [5, 5.41) is 32.9. The molecule has 4 N–H and O–H groups in total. The fourth-order valence-corrected chi connectivity index (χ4v) is 3.70. The Hall–Kier alpha value is -3.19. The number of imidazole rings is 1. The quantitative estimate of drug-likeness (QED) is 0.371. The maximum Gasteiger partial charge on any atom is 0.203 e. The molecule has 0 saturated carbocycles. The SMILES string of the molecule is COc1cc(CNc2ncnc3c2ncn3C2OC(CO)C(O)C2O)cc(OC)c1OC. The summed E-state index contributed by atoms with van der Waals surface area (Å²) in [6.07, 6.45) is -1.49. The summed E-state index contributed by atoms with van der Waals surface area (Å²) < 4.78 is 23.2. The van der Waals surface area contributed by atoms with Gasteiger partial charge in [0.15, 0.2) is 34.7 Å². The molecule has 172 valence electrons. The predicted octanol–water partition coefficient (Wildman–Crippen LogP) is 0.0757. The first-order chi connectivity index (χ1) is 15.5. The number of ether oxygens (including phenoxy) is 4. The van der Waals surface area contributed by atoms with Gasteiger partial charge in [-0.05, 0) is 17.7 Å². The van der Waals surface area contributed by atoms with Gasteiger partial charge in [-0.2, -0.15) is 0 Å². The number of nitrogens with zero attached hydrogens (tertiary/aromatic N) is 4. The summed E-state index contributed by atoms with van der Waals surface area (Å²) in [7, 11) is 4.64. The van der Waals surface area contributed by atoms with E-state index in [0.717, 1.165) is 5.56 Å². The summed E-state index contributed by atoms with van der Waals surface area (Å²) in [6, 6.07) is 3.65. The van der Waals surface area contributed by atoms with Crippen molar-refractivity contribution in [3.63, 3.8) is 0 Å². The van der Waals surface area contributed by atoms with E-state index in [1.54, 1.807) is 21.3 Å². The third-order valence-corrected chi connectivity index (χ3v) is 5.33. The van der Waals surface area contributed by atoms with Crippen LogP contribution in [0.1, 0.15) is 11.8 Å². The van der Waals surface area contributed by atoms with Crippen molar-refractivity contribution in [3.8, 4) is 17.2 Å². The first-order valence-electron chi connectivity index (χ1n) is 9.85. The zero-order chi connectivity index (χ0) is 22.8. The monoisotopic (exact) mass is 447 g/mol. The first-order valence-corrected chi connectivity index (χ1v) is 9.85. The lowest BCUT2D eigenvalue weighted by Crippen LogP contribution is -2.33. The largest absolute Gasteiger partial charge is 0.493 e. The highest BCUT2D eigenvalue weighted by atomic mass is 16.6. The van der Waals surface area contributed by atoms with Gasteiger partial charge in [-0.3, -0.25) is 4.57 Å². The van der Waals surface area contributed by atoms with Gasteiger partial charge in [0.05, 0.1) is 34.3 Å². The van der Waals surface area contributed by atoms with Gasteiger partial charge in [-0.25, -0.2) is 15.0 Å². The van der Waals surface area contributed by atoms with Crippen LogP contribution in [0.3, 0.4) is 0 Å². The molecule has 0 aliphatic carbocycles. The standard InChI is InChI=1S/C20H25N5O7/c1-29-11-4-10(5-12(30-2)17(11)31-3)6-21-18-14-19(23-8-22-18)25(9-24-14)20-16(28)15(27)13(7-26)32-20/h4-5,8-9,13,15-16,20,26-28H,6-7H2,1-3H3,(H,21,22,23). The van der Waals surface area contributed by atoms with Crippen molar-refractivity contribution in [2.75, 3.05) is 33.3 Å². The molecule has 3 heterocycles. The van der Waals surface area contributed by atoms with Crippen LogP contribution in [0.25, 0.3) is 11.2 Å². The molecule has 4 atom stereocenters. The average molecular weight is 447 g/mol. The van der Waals surface area contributed by atoms with E-state index in [1.807, 2.05) is 12.1 Å². The molecule has 3 aromatic rings. The van der Waals surface area contributed by atoms with E-state index in [-0.39, 0.29) is 0 Å². The highest BCUT2D eigenvalue weighted by Crippen LogP contribution is 2.38. The van der Waals surface area contributed by atoms with E-state index in [4.69, 9.17) is 18.9 Å². The molecule has 1 aliphatic heterocycles. The molecule has 1 fully saturated rings. The topological polar surface area (TPSA) is 153 Å². The average Bonchev–Trinajstić information content (AvgIpc) is 3.37. The van der Waals surface area contributed by atoms with Crippen LogP contribution in [0.4, 0.5) is 5.82 Å². The van der Waals surface area contributed by atoms with Gasteiger partial charge in [0.25, 0.3) is 0 Å². The van der Waals surface area contributed by atoms with Crippen molar-refractivity contribution in [2.45, 2.75) is 31.1 Å². The Morgan fingerprint density at radius 1 is 1.03 bits per heavy atom. The molecule has 4 rings (SSSR count). The zero-order valence-electron chi connectivity index (χ0n) is 17.8. The van der Waals surface area contributed by atoms with Gasteiger partial charge < -0.3 is 39.6 Å². The minimum Gasteiger partial charge on any atom is -0.493 e. The molecule has 0 bridgehead atoms. The summed E-state index contributed by atoms with van der Waals surface area (Å²) in [6.45, 7) is -0.0402. The Balaban J connectivity index is 1.59. The third-order valence-electron chi connectivity index (χ3n) is 5.33. The molecule has 0 spiro atoms. The predicted molar refractivity (Wildman–Crippen MR) is 112 cm³/mol. The third kappa shape index (κ3) is 3.77. The highest BCUT2D eigenvalue weighted by Gasteiger charge is 2.44. The molecule has 1 aliphatic rings. The molecule has 1 saturated heterocycles. The van der Waals surface area contributed by atoms with E-state index in [1.165, 1.54) is 17.2 Å². The number of fused-ring (bicyclic) bond motifs is 1. The van der Waals surface area contributed by atoms with Gasteiger partial charge in [0, 0.05) is 6.54 Å². The number of nitrogens with one attached hydrogen (secondary N) is 1. The van der Waals surface area contributed by atoms with Crippen LogP contribution in [0.2, 0.25) is 0 Å². The summed E-state index contributed by atoms with van der Waals surface area (Å²) in [5.74, 6) is 2.03.